The van der Waals surface area contributed by atoms with E-state index in [2.05, 4.69) is 10.3 Å². The van der Waals surface area contributed by atoms with Gasteiger partial charge in [0.25, 0.3) is 0 Å². The second-order valence-corrected chi connectivity index (χ2v) is 6.19. The molecule has 1 aromatic carbocycles. The molecule has 0 aliphatic carbocycles. The highest BCUT2D eigenvalue weighted by Gasteiger charge is 2.10. The molecule has 0 aliphatic rings. The van der Waals surface area contributed by atoms with Gasteiger partial charge in [-0.25, -0.2) is 4.99 Å². The number of nitrogens with zero attached hydrogens (tertiary/aromatic N) is 1. The zero-order valence-electron chi connectivity index (χ0n) is 11.3. The van der Waals surface area contributed by atoms with Crippen LogP contribution in [-0.4, -0.2) is 5.96 Å². The van der Waals surface area contributed by atoms with Crippen LogP contribution in [0.5, 0.6) is 0 Å². The summed E-state index contributed by atoms with van der Waals surface area (Å²) in [7, 11) is 0. The van der Waals surface area contributed by atoms with Gasteiger partial charge in [-0.2, -0.15) is 0 Å². The quantitative estimate of drug-likeness (QED) is 0.393. The number of benzene rings is 1. The monoisotopic (exact) mass is 455 g/mol. The first-order chi connectivity index (χ1) is 9.56. The number of aliphatic imine (C=N–C) groups is 1. The molecule has 0 radical (unpaired) electrons. The molecule has 2 rings (SSSR count). The highest BCUT2D eigenvalue weighted by Crippen LogP contribution is 2.25. The summed E-state index contributed by atoms with van der Waals surface area (Å²) >= 11 is 13.7. The van der Waals surface area contributed by atoms with Crippen LogP contribution < -0.4 is 11.1 Å². The van der Waals surface area contributed by atoms with Crippen LogP contribution in [0.4, 0.5) is 0 Å². The number of hydrogen-bond acceptors (Lipinski definition) is 2. The summed E-state index contributed by atoms with van der Waals surface area (Å²) in [5.41, 5.74) is 6.82. The van der Waals surface area contributed by atoms with E-state index in [1.54, 1.807) is 23.5 Å². The van der Waals surface area contributed by atoms with E-state index in [1.165, 1.54) is 4.88 Å². The fourth-order valence-corrected chi connectivity index (χ4v) is 2.96. The van der Waals surface area contributed by atoms with Crippen molar-refractivity contribution in [1.29, 1.82) is 0 Å². The summed E-state index contributed by atoms with van der Waals surface area (Å²) in [6, 6.07) is 9.40. The molecule has 0 saturated heterocycles. The summed E-state index contributed by atoms with van der Waals surface area (Å²) in [5, 5.41) is 6.37. The van der Waals surface area contributed by atoms with Crippen LogP contribution in [0.2, 0.25) is 10.0 Å². The Kier molecular flexibility index (Phi) is 7.79. The predicted molar refractivity (Wildman–Crippen MR) is 103 cm³/mol. The number of nitrogens with two attached hydrogens (primary N) is 1. The molecule has 0 fully saturated rings. The van der Waals surface area contributed by atoms with Crippen LogP contribution in [0.15, 0.2) is 40.7 Å². The minimum atomic E-state index is -0.0353. The van der Waals surface area contributed by atoms with Crippen LogP contribution in [0, 0.1) is 0 Å². The first-order valence-electron chi connectivity index (χ1n) is 6.10. The first-order valence-corrected chi connectivity index (χ1v) is 7.73. The Labute approximate surface area is 155 Å². The molecule has 0 amide bonds. The fraction of sp³-hybridized carbons (Fsp3) is 0.214. The van der Waals surface area contributed by atoms with Crippen molar-refractivity contribution in [1.82, 2.24) is 5.32 Å². The zero-order valence-corrected chi connectivity index (χ0v) is 16.0. The summed E-state index contributed by atoms with van der Waals surface area (Å²) in [4.78, 5) is 5.48. The second kappa shape index (κ2) is 8.82. The van der Waals surface area contributed by atoms with Gasteiger partial charge in [0.2, 0.25) is 0 Å². The van der Waals surface area contributed by atoms with Crippen LogP contribution in [0.25, 0.3) is 0 Å². The summed E-state index contributed by atoms with van der Waals surface area (Å²) in [6.07, 6.45) is 0. The van der Waals surface area contributed by atoms with Crippen molar-refractivity contribution in [3.05, 3.63) is 56.2 Å². The molecule has 0 saturated carbocycles. The van der Waals surface area contributed by atoms with Crippen LogP contribution >= 0.6 is 58.5 Å². The lowest BCUT2D eigenvalue weighted by atomic mass is 10.1. The fourth-order valence-electron chi connectivity index (χ4n) is 1.76. The van der Waals surface area contributed by atoms with E-state index in [9.17, 15) is 0 Å². The molecule has 7 heteroatoms. The third-order valence-corrected chi connectivity index (χ3v) is 4.20. The molecule has 21 heavy (non-hydrogen) atoms. The van der Waals surface area contributed by atoms with Gasteiger partial charge in [0.15, 0.2) is 5.96 Å². The van der Waals surface area contributed by atoms with Gasteiger partial charge < -0.3 is 11.1 Å². The van der Waals surface area contributed by atoms with Gasteiger partial charge in [-0.15, -0.1) is 35.3 Å². The van der Waals surface area contributed by atoms with Gasteiger partial charge in [0.1, 0.15) is 0 Å². The van der Waals surface area contributed by atoms with Gasteiger partial charge in [0, 0.05) is 14.9 Å². The molecule has 0 spiro atoms. The van der Waals surface area contributed by atoms with Crippen molar-refractivity contribution in [3.8, 4) is 0 Å². The van der Waals surface area contributed by atoms with E-state index in [0.29, 0.717) is 22.5 Å². The lowest BCUT2D eigenvalue weighted by molar-refractivity contribution is 0.708. The molecule has 3 nitrogen and oxygen atoms in total. The normalized spacial score (nSPS) is 12.6. The van der Waals surface area contributed by atoms with Crippen LogP contribution in [0.1, 0.15) is 23.4 Å². The summed E-state index contributed by atoms with van der Waals surface area (Å²) in [6.45, 7) is 2.56. The topological polar surface area (TPSA) is 50.4 Å². The Hall–Kier alpha value is -0.500. The van der Waals surface area contributed by atoms with Crippen LogP contribution in [0.3, 0.4) is 0 Å². The molecule has 1 heterocycles. The molecule has 0 aliphatic heterocycles. The maximum atomic E-state index is 6.16. The van der Waals surface area contributed by atoms with E-state index in [0.717, 1.165) is 5.56 Å². The Morgan fingerprint density at radius 1 is 1.38 bits per heavy atom. The third kappa shape index (κ3) is 5.65. The average Bonchev–Trinajstić information content (AvgIpc) is 2.89. The standard InChI is InChI=1S/C14H15Cl2N3S.HI/c1-9(12-5-4-10(15)7-13(12)16)19-14(17)18-8-11-3-2-6-20-11;/h2-7,9H,8H2,1H3,(H3,17,18,19);1H. The Balaban J connectivity index is 0.00000220. The van der Waals surface area contributed by atoms with Crippen molar-refractivity contribution >= 4 is 64.5 Å². The molecule has 0 bridgehead atoms. The van der Waals surface area contributed by atoms with E-state index in [-0.39, 0.29) is 30.0 Å². The molecule has 1 aromatic heterocycles. The Morgan fingerprint density at radius 3 is 2.76 bits per heavy atom. The Bertz CT molecular complexity index is 602. The number of guanidine groups is 1. The van der Waals surface area contributed by atoms with E-state index in [1.807, 2.05) is 30.5 Å². The van der Waals surface area contributed by atoms with Crippen molar-refractivity contribution in [3.63, 3.8) is 0 Å². The maximum Gasteiger partial charge on any atom is 0.189 e. The minimum Gasteiger partial charge on any atom is -0.370 e. The van der Waals surface area contributed by atoms with Gasteiger partial charge in [0.05, 0.1) is 12.6 Å². The van der Waals surface area contributed by atoms with Crippen molar-refractivity contribution in [2.24, 2.45) is 10.7 Å². The number of thiophene rings is 1. The molecule has 1 unspecified atom stereocenters. The second-order valence-electron chi connectivity index (χ2n) is 4.31. The number of halogens is 3. The van der Waals surface area contributed by atoms with Crippen molar-refractivity contribution in [2.75, 3.05) is 0 Å². The molecule has 1 atom stereocenters. The van der Waals surface area contributed by atoms with Gasteiger partial charge in [-0.3, -0.25) is 0 Å². The molecule has 2 aromatic rings. The average molecular weight is 456 g/mol. The lowest BCUT2D eigenvalue weighted by Crippen LogP contribution is -2.33. The largest absolute Gasteiger partial charge is 0.370 e. The SMILES string of the molecule is CC(NC(N)=NCc1cccs1)c1ccc(Cl)cc1Cl.I. The predicted octanol–water partition coefficient (Wildman–Crippen LogP) is 4.84. The molecular formula is C14H16Cl2IN3S. The summed E-state index contributed by atoms with van der Waals surface area (Å²) in [5.74, 6) is 0.400. The Morgan fingerprint density at radius 2 is 2.14 bits per heavy atom. The van der Waals surface area contributed by atoms with E-state index in [4.69, 9.17) is 28.9 Å². The van der Waals surface area contributed by atoms with Crippen molar-refractivity contribution < 1.29 is 0 Å². The minimum absolute atomic E-state index is 0. The van der Waals surface area contributed by atoms with Gasteiger partial charge in [-0.05, 0) is 36.1 Å². The van der Waals surface area contributed by atoms with Gasteiger partial charge in [-0.1, -0.05) is 35.3 Å². The first kappa shape index (κ1) is 18.5. The smallest absolute Gasteiger partial charge is 0.189 e. The number of nitrogens with one attached hydrogen (secondary N) is 1. The van der Waals surface area contributed by atoms with Crippen LogP contribution in [-0.2, 0) is 6.54 Å². The van der Waals surface area contributed by atoms with E-state index < -0.39 is 0 Å². The van der Waals surface area contributed by atoms with Crippen molar-refractivity contribution in [2.45, 2.75) is 19.5 Å². The van der Waals surface area contributed by atoms with Gasteiger partial charge >= 0.3 is 0 Å². The summed E-state index contributed by atoms with van der Waals surface area (Å²) < 4.78 is 0. The molecule has 3 N–H and O–H groups in total. The lowest BCUT2D eigenvalue weighted by Gasteiger charge is -2.16. The molecule has 114 valence electrons. The highest BCUT2D eigenvalue weighted by atomic mass is 127. The molecular weight excluding hydrogens is 440 g/mol. The highest BCUT2D eigenvalue weighted by molar-refractivity contribution is 14.0. The number of rotatable bonds is 4. The maximum absolute atomic E-state index is 6.16. The zero-order chi connectivity index (χ0) is 14.5. The third-order valence-electron chi connectivity index (χ3n) is 2.78. The van der Waals surface area contributed by atoms with E-state index >= 15 is 0 Å². The number of hydrogen-bond donors (Lipinski definition) is 2.